The number of nitrogens with two attached hydrogens (primary N) is 1. The summed E-state index contributed by atoms with van der Waals surface area (Å²) < 4.78 is 0. The molecule has 70 valence electrons. The molecule has 1 aliphatic carbocycles. The molecule has 0 bridgehead atoms. The molecule has 1 aromatic heterocycles. The van der Waals surface area contributed by atoms with Gasteiger partial charge in [-0.05, 0) is 24.3 Å². The van der Waals surface area contributed by atoms with Gasteiger partial charge in [0, 0.05) is 17.2 Å². The quantitative estimate of drug-likeness (QED) is 0.793. The van der Waals surface area contributed by atoms with Crippen molar-refractivity contribution in [1.29, 1.82) is 0 Å². The average Bonchev–Trinajstić information content (AvgIpc) is 2.85. The predicted octanol–water partition coefficient (Wildman–Crippen LogP) is 1.60. The van der Waals surface area contributed by atoms with Crippen LogP contribution in [0.1, 0.15) is 17.7 Å². The maximum Gasteiger partial charge on any atom is 0.152 e. The highest BCUT2D eigenvalue weighted by atomic mass is 32.1. The molecule has 1 saturated carbocycles. The molecule has 1 unspecified atom stereocenters. The minimum atomic E-state index is -0.272. The number of thiophene rings is 1. The van der Waals surface area contributed by atoms with Crippen molar-refractivity contribution >= 4 is 17.1 Å². The summed E-state index contributed by atoms with van der Waals surface area (Å²) in [6, 6.07) is 3.75. The molecule has 3 heteroatoms. The molecule has 13 heavy (non-hydrogen) atoms. The first-order chi connectivity index (χ1) is 6.27. The van der Waals surface area contributed by atoms with Gasteiger partial charge in [-0.15, -0.1) is 11.3 Å². The Morgan fingerprint density at radius 1 is 1.69 bits per heavy atom. The zero-order valence-corrected chi connectivity index (χ0v) is 8.22. The van der Waals surface area contributed by atoms with Crippen molar-refractivity contribution in [3.63, 3.8) is 0 Å². The molecule has 2 rings (SSSR count). The van der Waals surface area contributed by atoms with Crippen molar-refractivity contribution in [2.24, 2.45) is 11.7 Å². The first-order valence-electron chi connectivity index (χ1n) is 4.59. The summed E-state index contributed by atoms with van der Waals surface area (Å²) in [5.41, 5.74) is 5.81. The summed E-state index contributed by atoms with van der Waals surface area (Å²) in [6.07, 6.45) is 2.82. The van der Waals surface area contributed by atoms with Crippen LogP contribution in [0.2, 0.25) is 0 Å². The second kappa shape index (κ2) is 3.60. The number of carbonyl (C=O) groups excluding carboxylic acids is 1. The Labute approximate surface area is 81.8 Å². The van der Waals surface area contributed by atoms with Gasteiger partial charge >= 0.3 is 0 Å². The molecule has 0 amide bonds. The average molecular weight is 195 g/mol. The molecular weight excluding hydrogens is 182 g/mol. The normalized spacial score (nSPS) is 18.5. The number of hydrogen-bond acceptors (Lipinski definition) is 3. The topological polar surface area (TPSA) is 43.1 Å². The van der Waals surface area contributed by atoms with E-state index in [2.05, 4.69) is 0 Å². The van der Waals surface area contributed by atoms with E-state index in [1.165, 1.54) is 4.88 Å². The standard InChI is InChI=1S/C10H13NOS/c11-9(10(12)7-3-4-7)6-8-2-1-5-13-8/h1-2,5,7,9H,3-4,6,11H2. The van der Waals surface area contributed by atoms with E-state index < -0.39 is 0 Å². The SMILES string of the molecule is NC(Cc1cccs1)C(=O)C1CC1. The van der Waals surface area contributed by atoms with E-state index in [0.29, 0.717) is 6.42 Å². The van der Waals surface area contributed by atoms with E-state index in [1.54, 1.807) is 11.3 Å². The third-order valence-corrected chi connectivity index (χ3v) is 3.25. The predicted molar refractivity (Wildman–Crippen MR) is 53.7 cm³/mol. The summed E-state index contributed by atoms with van der Waals surface area (Å²) in [4.78, 5) is 12.7. The van der Waals surface area contributed by atoms with Crippen molar-refractivity contribution in [1.82, 2.24) is 0 Å². The van der Waals surface area contributed by atoms with E-state index >= 15 is 0 Å². The molecule has 0 saturated heterocycles. The van der Waals surface area contributed by atoms with Gasteiger partial charge in [0.05, 0.1) is 6.04 Å². The maximum absolute atomic E-state index is 11.5. The van der Waals surface area contributed by atoms with Crippen LogP contribution in [0, 0.1) is 5.92 Å². The Morgan fingerprint density at radius 3 is 3.00 bits per heavy atom. The van der Waals surface area contributed by atoms with Crippen LogP contribution in [0.5, 0.6) is 0 Å². The van der Waals surface area contributed by atoms with Crippen LogP contribution >= 0.6 is 11.3 Å². The van der Waals surface area contributed by atoms with Crippen LogP contribution in [-0.4, -0.2) is 11.8 Å². The van der Waals surface area contributed by atoms with Gasteiger partial charge in [0.1, 0.15) is 0 Å². The van der Waals surface area contributed by atoms with E-state index in [0.717, 1.165) is 12.8 Å². The first-order valence-corrected chi connectivity index (χ1v) is 5.47. The highest BCUT2D eigenvalue weighted by molar-refractivity contribution is 7.09. The molecule has 1 heterocycles. The van der Waals surface area contributed by atoms with Crippen molar-refractivity contribution in [2.45, 2.75) is 25.3 Å². The van der Waals surface area contributed by atoms with Crippen molar-refractivity contribution in [3.05, 3.63) is 22.4 Å². The Hall–Kier alpha value is -0.670. The lowest BCUT2D eigenvalue weighted by atomic mass is 10.1. The van der Waals surface area contributed by atoms with Gasteiger partial charge in [-0.2, -0.15) is 0 Å². The fourth-order valence-corrected chi connectivity index (χ4v) is 2.18. The third kappa shape index (κ3) is 2.17. The van der Waals surface area contributed by atoms with E-state index in [1.807, 2.05) is 17.5 Å². The molecule has 0 aliphatic heterocycles. The lowest BCUT2D eigenvalue weighted by Crippen LogP contribution is -2.33. The molecule has 1 aliphatic rings. The van der Waals surface area contributed by atoms with Crippen molar-refractivity contribution in [2.75, 3.05) is 0 Å². The molecule has 1 atom stereocenters. The number of ketones is 1. The van der Waals surface area contributed by atoms with Crippen LogP contribution in [0.25, 0.3) is 0 Å². The fraction of sp³-hybridized carbons (Fsp3) is 0.500. The van der Waals surface area contributed by atoms with E-state index in [9.17, 15) is 4.79 Å². The molecule has 1 fully saturated rings. The zero-order valence-electron chi connectivity index (χ0n) is 7.40. The lowest BCUT2D eigenvalue weighted by Gasteiger charge is -2.07. The Kier molecular flexibility index (Phi) is 2.47. The van der Waals surface area contributed by atoms with Gasteiger partial charge in [-0.3, -0.25) is 4.79 Å². The van der Waals surface area contributed by atoms with Crippen LogP contribution in [0.4, 0.5) is 0 Å². The van der Waals surface area contributed by atoms with E-state index in [-0.39, 0.29) is 17.7 Å². The molecule has 0 radical (unpaired) electrons. The second-order valence-electron chi connectivity index (χ2n) is 3.57. The number of Topliss-reactive ketones (excluding diaryl/α,β-unsaturated/α-hetero) is 1. The largest absolute Gasteiger partial charge is 0.321 e. The van der Waals surface area contributed by atoms with Gasteiger partial charge < -0.3 is 5.73 Å². The first kappa shape index (κ1) is 8.91. The minimum Gasteiger partial charge on any atom is -0.321 e. The summed E-state index contributed by atoms with van der Waals surface area (Å²) in [7, 11) is 0. The van der Waals surface area contributed by atoms with Crippen LogP contribution in [0.15, 0.2) is 17.5 Å². The molecule has 1 aromatic rings. The highest BCUT2D eigenvalue weighted by Crippen LogP contribution is 2.31. The zero-order chi connectivity index (χ0) is 9.26. The molecule has 2 N–H and O–H groups in total. The van der Waals surface area contributed by atoms with Gasteiger partial charge in [0.25, 0.3) is 0 Å². The molecule has 0 spiro atoms. The van der Waals surface area contributed by atoms with Crippen molar-refractivity contribution in [3.8, 4) is 0 Å². The van der Waals surface area contributed by atoms with Crippen LogP contribution < -0.4 is 5.73 Å². The Morgan fingerprint density at radius 2 is 2.46 bits per heavy atom. The fourth-order valence-electron chi connectivity index (χ4n) is 1.42. The van der Waals surface area contributed by atoms with Gasteiger partial charge in [0.15, 0.2) is 5.78 Å². The number of rotatable bonds is 4. The van der Waals surface area contributed by atoms with Crippen LogP contribution in [0.3, 0.4) is 0 Å². The van der Waals surface area contributed by atoms with Gasteiger partial charge in [-0.1, -0.05) is 6.07 Å². The van der Waals surface area contributed by atoms with Gasteiger partial charge in [0.2, 0.25) is 0 Å². The third-order valence-electron chi connectivity index (χ3n) is 2.35. The molecular formula is C10H13NOS. The minimum absolute atomic E-state index is 0.258. The Bertz CT molecular complexity index is 290. The maximum atomic E-state index is 11.5. The smallest absolute Gasteiger partial charge is 0.152 e. The molecule has 2 nitrogen and oxygen atoms in total. The number of hydrogen-bond donors (Lipinski definition) is 1. The van der Waals surface area contributed by atoms with E-state index in [4.69, 9.17) is 5.73 Å². The summed E-state index contributed by atoms with van der Waals surface area (Å²) >= 11 is 1.67. The van der Waals surface area contributed by atoms with Crippen LogP contribution in [-0.2, 0) is 11.2 Å². The summed E-state index contributed by atoms with van der Waals surface area (Å²) in [5, 5.41) is 2.02. The van der Waals surface area contributed by atoms with Gasteiger partial charge in [-0.25, -0.2) is 0 Å². The highest BCUT2D eigenvalue weighted by Gasteiger charge is 2.32. The summed E-state index contributed by atoms with van der Waals surface area (Å²) in [6.45, 7) is 0. The Balaban J connectivity index is 1.90. The molecule has 0 aromatic carbocycles. The second-order valence-corrected chi connectivity index (χ2v) is 4.60. The number of carbonyl (C=O) groups is 1. The monoisotopic (exact) mass is 195 g/mol. The van der Waals surface area contributed by atoms with Crippen molar-refractivity contribution < 1.29 is 4.79 Å². The summed E-state index contributed by atoms with van der Waals surface area (Å²) in [5.74, 6) is 0.545. The lowest BCUT2D eigenvalue weighted by molar-refractivity contribution is -0.121.